The van der Waals surface area contributed by atoms with Gasteiger partial charge >= 0.3 is 0 Å². The van der Waals surface area contributed by atoms with Gasteiger partial charge in [0.1, 0.15) is 5.76 Å². The summed E-state index contributed by atoms with van der Waals surface area (Å²) in [7, 11) is 1.60. The van der Waals surface area contributed by atoms with Gasteiger partial charge in [0.25, 0.3) is 5.91 Å². The first-order chi connectivity index (χ1) is 11.1. The summed E-state index contributed by atoms with van der Waals surface area (Å²) in [5.41, 5.74) is 1.84. The lowest BCUT2D eigenvalue weighted by Gasteiger charge is -2.29. The first-order valence-electron chi connectivity index (χ1n) is 7.45. The molecular weight excluding hydrogens is 334 g/mol. The van der Waals surface area contributed by atoms with Crippen molar-refractivity contribution in [2.24, 2.45) is 0 Å². The Morgan fingerprint density at radius 3 is 2.96 bits per heavy atom. The molecule has 3 rings (SSSR count). The lowest BCUT2D eigenvalue weighted by atomic mass is 9.99. The molecule has 6 heteroatoms. The summed E-state index contributed by atoms with van der Waals surface area (Å²) in [6.07, 6.45) is 4.59. The molecule has 1 atom stereocenters. The van der Waals surface area contributed by atoms with Gasteiger partial charge in [-0.25, -0.2) is 0 Å². The van der Waals surface area contributed by atoms with Crippen LogP contribution in [0.2, 0.25) is 0 Å². The first kappa shape index (κ1) is 16.1. The largest absolute Gasteiger partial charge is 0.496 e. The molecule has 0 bridgehead atoms. The lowest BCUT2D eigenvalue weighted by molar-refractivity contribution is 0.0785. The van der Waals surface area contributed by atoms with Gasteiger partial charge in [0, 0.05) is 5.70 Å². The van der Waals surface area contributed by atoms with Crippen molar-refractivity contribution in [3.8, 4) is 5.06 Å². The maximum Gasteiger partial charge on any atom is 0.268 e. The Bertz CT molecular complexity index is 732. The smallest absolute Gasteiger partial charge is 0.268 e. The number of carbonyl (C=O) groups excluding carboxylic acids is 1. The van der Waals surface area contributed by atoms with Gasteiger partial charge in [-0.15, -0.1) is 0 Å². The highest BCUT2D eigenvalue weighted by Crippen LogP contribution is 2.40. The van der Waals surface area contributed by atoms with Crippen molar-refractivity contribution in [1.82, 2.24) is 4.90 Å². The Hall–Kier alpha value is -1.72. The van der Waals surface area contributed by atoms with Gasteiger partial charge in [-0.2, -0.15) is 0 Å². The predicted molar refractivity (Wildman–Crippen MR) is 91.8 cm³/mol. The molecule has 0 aromatic carbocycles. The maximum absolute atomic E-state index is 12.9. The summed E-state index contributed by atoms with van der Waals surface area (Å²) >= 11 is 7.77. The quantitative estimate of drug-likeness (QED) is 0.811. The molecular formula is C17H18ClNO3S. The SMILES string of the molecule is CCOc1ccc(C(=O)N2C(C)=CC3=C(Cl)C(OC)=CCC32)s1. The van der Waals surface area contributed by atoms with E-state index in [0.717, 1.165) is 16.3 Å². The molecule has 0 fully saturated rings. The molecule has 0 spiro atoms. The minimum absolute atomic E-state index is 0.0200. The Kier molecular flexibility index (Phi) is 4.50. The van der Waals surface area contributed by atoms with E-state index in [9.17, 15) is 4.79 Å². The van der Waals surface area contributed by atoms with Crippen LogP contribution in [-0.4, -0.2) is 30.6 Å². The van der Waals surface area contributed by atoms with Crippen LogP contribution in [0, 0.1) is 0 Å². The molecule has 0 saturated heterocycles. The number of hydrogen-bond acceptors (Lipinski definition) is 4. The number of thiophene rings is 1. The van der Waals surface area contributed by atoms with Gasteiger partial charge in [0.2, 0.25) is 0 Å². The summed E-state index contributed by atoms with van der Waals surface area (Å²) in [6.45, 7) is 4.44. The van der Waals surface area contributed by atoms with Crippen molar-refractivity contribution in [3.63, 3.8) is 0 Å². The second-order valence-corrected chi connectivity index (χ2v) is 6.73. The molecule has 1 aromatic rings. The van der Waals surface area contributed by atoms with Crippen LogP contribution < -0.4 is 4.74 Å². The number of carbonyl (C=O) groups is 1. The number of fused-ring (bicyclic) bond motifs is 1. The second-order valence-electron chi connectivity index (χ2n) is 5.31. The Morgan fingerprint density at radius 2 is 2.26 bits per heavy atom. The monoisotopic (exact) mass is 351 g/mol. The van der Waals surface area contributed by atoms with Gasteiger partial charge in [0.05, 0.1) is 29.7 Å². The van der Waals surface area contributed by atoms with Crippen LogP contribution in [0.3, 0.4) is 0 Å². The topological polar surface area (TPSA) is 38.8 Å². The highest BCUT2D eigenvalue weighted by Gasteiger charge is 2.37. The Balaban J connectivity index is 1.88. The molecule has 1 amide bonds. The molecule has 0 N–H and O–H groups in total. The minimum atomic E-state index is -0.0634. The van der Waals surface area contributed by atoms with Crippen molar-refractivity contribution in [1.29, 1.82) is 0 Å². The van der Waals surface area contributed by atoms with E-state index < -0.39 is 0 Å². The van der Waals surface area contributed by atoms with E-state index >= 15 is 0 Å². The number of nitrogens with zero attached hydrogens (tertiary/aromatic N) is 1. The number of methoxy groups -OCH3 is 1. The summed E-state index contributed by atoms with van der Waals surface area (Å²) < 4.78 is 10.7. The third-order valence-electron chi connectivity index (χ3n) is 3.93. The molecule has 1 aliphatic carbocycles. The molecule has 2 aliphatic rings. The summed E-state index contributed by atoms with van der Waals surface area (Å²) in [4.78, 5) is 15.4. The van der Waals surface area contributed by atoms with Crippen LogP contribution in [0.5, 0.6) is 5.06 Å². The normalized spacial score (nSPS) is 20.2. The second kappa shape index (κ2) is 6.42. The molecule has 23 heavy (non-hydrogen) atoms. The fourth-order valence-electron chi connectivity index (χ4n) is 2.92. The van der Waals surface area contributed by atoms with Crippen LogP contribution in [-0.2, 0) is 4.74 Å². The fourth-order valence-corrected chi connectivity index (χ4v) is 4.10. The van der Waals surface area contributed by atoms with Crippen molar-refractivity contribution in [2.45, 2.75) is 26.3 Å². The van der Waals surface area contributed by atoms with Gasteiger partial charge in [0.15, 0.2) is 5.06 Å². The van der Waals surface area contributed by atoms with Crippen LogP contribution in [0.25, 0.3) is 0 Å². The number of halogens is 1. The van der Waals surface area contributed by atoms with Crippen molar-refractivity contribution in [2.75, 3.05) is 13.7 Å². The molecule has 0 radical (unpaired) electrons. The summed E-state index contributed by atoms with van der Waals surface area (Å²) in [5, 5.41) is 1.34. The van der Waals surface area contributed by atoms with E-state index in [1.54, 1.807) is 7.11 Å². The van der Waals surface area contributed by atoms with Crippen molar-refractivity contribution < 1.29 is 14.3 Å². The van der Waals surface area contributed by atoms with Crippen LogP contribution in [0.1, 0.15) is 29.9 Å². The number of ether oxygens (including phenoxy) is 2. The molecule has 2 heterocycles. The molecule has 122 valence electrons. The van der Waals surface area contributed by atoms with Gasteiger partial charge in [-0.1, -0.05) is 22.9 Å². The Labute approximate surface area is 144 Å². The van der Waals surface area contributed by atoms with Crippen molar-refractivity contribution in [3.05, 3.63) is 51.2 Å². The van der Waals surface area contributed by atoms with Gasteiger partial charge in [-0.05, 0) is 50.1 Å². The molecule has 4 nitrogen and oxygen atoms in total. The number of rotatable bonds is 4. The molecule has 0 saturated carbocycles. The highest BCUT2D eigenvalue weighted by atomic mass is 35.5. The van der Waals surface area contributed by atoms with Crippen molar-refractivity contribution >= 4 is 28.8 Å². The van der Waals surface area contributed by atoms with Crippen LogP contribution in [0.15, 0.2) is 46.3 Å². The minimum Gasteiger partial charge on any atom is -0.496 e. The van der Waals surface area contributed by atoms with Gasteiger partial charge < -0.3 is 14.4 Å². The van der Waals surface area contributed by atoms with E-state index in [-0.39, 0.29) is 11.9 Å². The molecule has 1 aromatic heterocycles. The number of hydrogen-bond donors (Lipinski definition) is 0. The van der Waals surface area contributed by atoms with Gasteiger partial charge in [-0.3, -0.25) is 4.79 Å². The third-order valence-corrected chi connectivity index (χ3v) is 5.32. The standard InChI is InChI=1S/C17H18ClNO3S/c1-4-22-15-8-7-14(23-15)17(20)19-10(2)9-11-12(19)5-6-13(21-3)16(11)18/h6-9,12H,4-5H2,1-3H3. The maximum atomic E-state index is 12.9. The summed E-state index contributed by atoms with van der Waals surface area (Å²) in [6, 6.07) is 3.59. The molecule has 1 aliphatic heterocycles. The number of amides is 1. The summed E-state index contributed by atoms with van der Waals surface area (Å²) in [5.74, 6) is 0.652. The highest BCUT2D eigenvalue weighted by molar-refractivity contribution is 7.15. The van der Waals surface area contributed by atoms with Crippen LogP contribution >= 0.6 is 22.9 Å². The third kappa shape index (κ3) is 2.79. The molecule has 1 unspecified atom stereocenters. The predicted octanol–water partition coefficient (Wildman–Crippen LogP) is 4.30. The zero-order valence-electron chi connectivity index (χ0n) is 13.3. The zero-order chi connectivity index (χ0) is 16.6. The van der Waals surface area contributed by atoms with E-state index in [4.69, 9.17) is 21.1 Å². The Morgan fingerprint density at radius 1 is 1.48 bits per heavy atom. The van der Waals surface area contributed by atoms with E-state index in [1.807, 2.05) is 43.0 Å². The zero-order valence-corrected chi connectivity index (χ0v) is 14.8. The average Bonchev–Trinajstić information content (AvgIpc) is 3.12. The van der Waals surface area contributed by atoms with Crippen LogP contribution in [0.4, 0.5) is 0 Å². The van der Waals surface area contributed by atoms with E-state index in [1.165, 1.54) is 11.3 Å². The first-order valence-corrected chi connectivity index (χ1v) is 8.65. The number of allylic oxidation sites excluding steroid dienone is 2. The lowest BCUT2D eigenvalue weighted by Crippen LogP contribution is -2.36. The average molecular weight is 352 g/mol. The van der Waals surface area contributed by atoms with E-state index in [2.05, 4.69) is 0 Å². The fraction of sp³-hybridized carbons (Fsp3) is 0.353. The van der Waals surface area contributed by atoms with E-state index in [0.29, 0.717) is 28.7 Å².